The Morgan fingerprint density at radius 3 is 1.23 bits per heavy atom. The SMILES string of the molecule is O=C(Nc1ccccc1)Nc1ccccc1.O=C([O-])[O-].[Na+].[Na+]. The van der Waals surface area contributed by atoms with Gasteiger partial charge in [0.05, 0.1) is 0 Å². The molecule has 2 N–H and O–H groups in total. The molecule has 0 spiro atoms. The number of nitrogens with one attached hydrogen (secondary N) is 2. The fourth-order valence-corrected chi connectivity index (χ4v) is 1.34. The van der Waals surface area contributed by atoms with Crippen molar-refractivity contribution in [3.63, 3.8) is 0 Å². The molecule has 0 aromatic heterocycles. The molecule has 0 heterocycles. The number of carbonyl (C=O) groups is 2. The number of benzene rings is 2. The summed E-state index contributed by atoms with van der Waals surface area (Å²) in [5.74, 6) is 0. The molecule has 0 fully saturated rings. The fraction of sp³-hybridized carbons (Fsp3) is 0. The van der Waals surface area contributed by atoms with Crippen molar-refractivity contribution in [3.05, 3.63) is 60.7 Å². The van der Waals surface area contributed by atoms with E-state index < -0.39 is 6.16 Å². The van der Waals surface area contributed by atoms with E-state index in [0.717, 1.165) is 11.4 Å². The number of hydrogen-bond donors (Lipinski definition) is 2. The quantitative estimate of drug-likeness (QED) is 0.541. The van der Waals surface area contributed by atoms with Gasteiger partial charge in [-0.25, -0.2) is 4.79 Å². The number of rotatable bonds is 2. The van der Waals surface area contributed by atoms with Crippen molar-refractivity contribution in [1.29, 1.82) is 0 Å². The minimum Gasteiger partial charge on any atom is -0.652 e. The Morgan fingerprint density at radius 2 is 0.955 bits per heavy atom. The molecular formula is C14H12N2Na2O4. The number of anilines is 2. The van der Waals surface area contributed by atoms with Gasteiger partial charge >= 0.3 is 65.1 Å². The van der Waals surface area contributed by atoms with E-state index in [1.165, 1.54) is 0 Å². The van der Waals surface area contributed by atoms with Crippen LogP contribution in [0.2, 0.25) is 0 Å². The normalized spacial score (nSPS) is 8.00. The third kappa shape index (κ3) is 11.6. The molecule has 6 nitrogen and oxygen atoms in total. The van der Waals surface area contributed by atoms with Crippen LogP contribution in [0.5, 0.6) is 0 Å². The van der Waals surface area contributed by atoms with Crippen LogP contribution in [0.15, 0.2) is 60.7 Å². The average Bonchev–Trinajstić information content (AvgIpc) is 2.40. The van der Waals surface area contributed by atoms with Crippen molar-refractivity contribution >= 4 is 23.6 Å². The van der Waals surface area contributed by atoms with Crippen molar-refractivity contribution in [3.8, 4) is 0 Å². The molecule has 104 valence electrons. The maximum absolute atomic E-state index is 11.6. The van der Waals surface area contributed by atoms with Crippen LogP contribution in [0.25, 0.3) is 0 Å². The van der Waals surface area contributed by atoms with E-state index in [-0.39, 0.29) is 65.1 Å². The van der Waals surface area contributed by atoms with Crippen molar-refractivity contribution in [2.45, 2.75) is 0 Å². The van der Waals surface area contributed by atoms with Gasteiger partial charge in [-0.15, -0.1) is 0 Å². The largest absolute Gasteiger partial charge is 1.00 e. The Kier molecular flexibility index (Phi) is 14.4. The van der Waals surface area contributed by atoms with E-state index in [1.54, 1.807) is 0 Å². The van der Waals surface area contributed by atoms with E-state index >= 15 is 0 Å². The van der Waals surface area contributed by atoms with Gasteiger partial charge in [0.2, 0.25) is 0 Å². The molecule has 2 aromatic carbocycles. The summed E-state index contributed by atoms with van der Waals surface area (Å²) in [4.78, 5) is 19.9. The third-order valence-electron chi connectivity index (χ3n) is 2.06. The number of amides is 2. The zero-order chi connectivity index (χ0) is 14.8. The van der Waals surface area contributed by atoms with Crippen LogP contribution in [-0.2, 0) is 0 Å². The topological polar surface area (TPSA) is 104 Å². The zero-order valence-electron chi connectivity index (χ0n) is 12.4. The number of carbonyl (C=O) groups excluding carboxylic acids is 2. The van der Waals surface area contributed by atoms with Crippen LogP contribution < -0.4 is 80.0 Å². The minimum absolute atomic E-state index is 0. The Hall–Kier alpha value is -1.02. The Labute approximate surface area is 172 Å². The molecular weight excluding hydrogens is 306 g/mol. The Morgan fingerprint density at radius 1 is 0.682 bits per heavy atom. The van der Waals surface area contributed by atoms with E-state index in [2.05, 4.69) is 10.6 Å². The van der Waals surface area contributed by atoms with Gasteiger partial charge in [-0.3, -0.25) is 0 Å². The van der Waals surface area contributed by atoms with Crippen LogP contribution in [0.4, 0.5) is 21.0 Å². The molecule has 8 heteroatoms. The summed E-state index contributed by atoms with van der Waals surface area (Å²) in [6.45, 7) is 0. The molecule has 2 aromatic rings. The summed E-state index contributed by atoms with van der Waals surface area (Å²) in [5, 5.41) is 22.1. The first-order valence-corrected chi connectivity index (χ1v) is 5.64. The van der Waals surface area contributed by atoms with Gasteiger partial charge in [0.15, 0.2) is 0 Å². The molecule has 0 atom stereocenters. The Balaban J connectivity index is 0. The molecule has 0 aliphatic carbocycles. The summed E-state index contributed by atoms with van der Waals surface area (Å²) in [5.41, 5.74) is 1.55. The monoisotopic (exact) mass is 318 g/mol. The van der Waals surface area contributed by atoms with E-state index in [0.29, 0.717) is 0 Å². The molecule has 2 rings (SSSR count). The first kappa shape index (κ1) is 23.2. The van der Waals surface area contributed by atoms with Crippen molar-refractivity contribution in [2.24, 2.45) is 0 Å². The first-order chi connectivity index (χ1) is 9.58. The van der Waals surface area contributed by atoms with E-state index in [4.69, 9.17) is 15.0 Å². The number of para-hydroxylation sites is 2. The van der Waals surface area contributed by atoms with E-state index in [9.17, 15) is 4.79 Å². The summed E-state index contributed by atoms with van der Waals surface area (Å²) < 4.78 is 0. The average molecular weight is 318 g/mol. The third-order valence-corrected chi connectivity index (χ3v) is 2.06. The van der Waals surface area contributed by atoms with Crippen LogP contribution in [0.3, 0.4) is 0 Å². The molecule has 22 heavy (non-hydrogen) atoms. The first-order valence-electron chi connectivity index (χ1n) is 5.64. The van der Waals surface area contributed by atoms with E-state index in [1.807, 2.05) is 60.7 Å². The van der Waals surface area contributed by atoms with Crippen LogP contribution in [0, 0.1) is 0 Å². The summed E-state index contributed by atoms with van der Waals surface area (Å²) in [6, 6.07) is 18.4. The number of hydrogen-bond acceptors (Lipinski definition) is 4. The van der Waals surface area contributed by atoms with Crippen LogP contribution >= 0.6 is 0 Å². The fourth-order valence-electron chi connectivity index (χ4n) is 1.34. The summed E-state index contributed by atoms with van der Waals surface area (Å²) in [6.07, 6.45) is -2.33. The van der Waals surface area contributed by atoms with Gasteiger partial charge in [0.1, 0.15) is 0 Å². The van der Waals surface area contributed by atoms with Gasteiger partial charge < -0.3 is 25.6 Å². The smallest absolute Gasteiger partial charge is 0.652 e. The second-order valence-electron chi connectivity index (χ2n) is 3.56. The molecule has 2 amide bonds. The molecule has 0 unspecified atom stereocenters. The molecule has 0 bridgehead atoms. The summed E-state index contributed by atoms with van der Waals surface area (Å²) >= 11 is 0. The second kappa shape index (κ2) is 13.6. The molecule has 0 aliphatic heterocycles. The minimum atomic E-state index is -2.33. The van der Waals surface area contributed by atoms with Gasteiger partial charge in [-0.1, -0.05) is 36.4 Å². The Bertz CT molecular complexity index is 506. The van der Waals surface area contributed by atoms with Gasteiger partial charge in [0.25, 0.3) is 0 Å². The molecule has 0 radical (unpaired) electrons. The second-order valence-corrected chi connectivity index (χ2v) is 3.56. The van der Waals surface area contributed by atoms with Crippen molar-refractivity contribution in [2.75, 3.05) is 10.6 Å². The van der Waals surface area contributed by atoms with Crippen LogP contribution in [0.1, 0.15) is 0 Å². The predicted molar refractivity (Wildman–Crippen MR) is 70.9 cm³/mol. The molecule has 0 aliphatic rings. The van der Waals surface area contributed by atoms with Crippen LogP contribution in [-0.4, -0.2) is 12.2 Å². The molecule has 0 saturated carbocycles. The van der Waals surface area contributed by atoms with Crippen molar-refractivity contribution in [1.82, 2.24) is 0 Å². The van der Waals surface area contributed by atoms with Gasteiger partial charge in [0, 0.05) is 11.4 Å². The maximum Gasteiger partial charge on any atom is 1.00 e. The van der Waals surface area contributed by atoms with Crippen molar-refractivity contribution < 1.29 is 78.9 Å². The standard InChI is InChI=1S/C13H12N2O.CH2O3.2Na/c16-13(14-11-7-3-1-4-8-11)15-12-9-5-2-6-10-12;2-1(3)4;;/h1-10H,(H2,14,15,16);(H2,2,3,4);;/q;;2*+1/p-2. The molecule has 0 saturated heterocycles. The number of urea groups is 1. The maximum atomic E-state index is 11.6. The zero-order valence-corrected chi connectivity index (χ0v) is 16.4. The summed E-state index contributed by atoms with van der Waals surface area (Å²) in [7, 11) is 0. The van der Waals surface area contributed by atoms with Gasteiger partial charge in [-0.2, -0.15) is 0 Å². The van der Waals surface area contributed by atoms with Gasteiger partial charge in [-0.05, 0) is 30.4 Å². The number of carboxylic acid groups (broad SMARTS) is 2. The predicted octanol–water partition coefficient (Wildman–Crippen LogP) is -5.11.